The van der Waals surface area contributed by atoms with Gasteiger partial charge in [0.05, 0.1) is 12.2 Å². The van der Waals surface area contributed by atoms with E-state index in [9.17, 15) is 18.3 Å². The first-order chi connectivity index (χ1) is 9.42. The molecule has 2 N–H and O–H groups in total. The zero-order chi connectivity index (χ0) is 15.2. The lowest BCUT2D eigenvalue weighted by Gasteiger charge is -2.19. The van der Waals surface area contributed by atoms with Gasteiger partial charge in [-0.25, -0.2) is 0 Å². The van der Waals surface area contributed by atoms with E-state index in [1.165, 1.54) is 12.1 Å². The largest absolute Gasteiger partial charge is 0.416 e. The predicted octanol–water partition coefficient (Wildman–Crippen LogP) is 4.01. The molecule has 2 nitrogen and oxygen atoms in total. The summed E-state index contributed by atoms with van der Waals surface area (Å²) in [5.74, 6) is 0. The van der Waals surface area contributed by atoms with Crippen LogP contribution in [-0.2, 0) is 12.6 Å². The van der Waals surface area contributed by atoms with Crippen LogP contribution in [0.2, 0.25) is 0 Å². The Morgan fingerprint density at radius 2 is 2.10 bits per heavy atom. The minimum absolute atomic E-state index is 0.108. The number of hydrogen-bond donors (Lipinski definition) is 2. The van der Waals surface area contributed by atoms with Gasteiger partial charge in [0, 0.05) is 11.7 Å². The smallest absolute Gasteiger partial charge is 0.394 e. The van der Waals surface area contributed by atoms with Crippen molar-refractivity contribution in [1.29, 1.82) is 0 Å². The van der Waals surface area contributed by atoms with E-state index in [0.717, 1.165) is 12.5 Å². The molecule has 0 aliphatic carbocycles. The summed E-state index contributed by atoms with van der Waals surface area (Å²) in [6, 6.07) is 3.92. The van der Waals surface area contributed by atoms with Crippen LogP contribution in [0.25, 0.3) is 0 Å². The Labute approximate surface area is 117 Å². The molecule has 0 aliphatic heterocycles. The zero-order valence-electron chi connectivity index (χ0n) is 11.5. The average molecular weight is 287 g/mol. The number of benzene rings is 1. The normalized spacial score (nSPS) is 13.1. The molecule has 0 amide bonds. The van der Waals surface area contributed by atoms with Crippen LogP contribution in [0.3, 0.4) is 0 Å². The summed E-state index contributed by atoms with van der Waals surface area (Å²) in [5.41, 5.74) is -0.0812. The summed E-state index contributed by atoms with van der Waals surface area (Å²) in [6.07, 6.45) is -1.22. The Kier molecular flexibility index (Phi) is 6.07. The standard InChI is InChI=1S/C15H20F3NO/c1-3-5-11-7-8-12(9-14(11)15(16,17)18)19-13(10-20)6-4-2/h3,7-9,13,19-20H,1,4-6,10H2,2H3. The molecule has 112 valence electrons. The van der Waals surface area contributed by atoms with Crippen LogP contribution in [0.4, 0.5) is 18.9 Å². The topological polar surface area (TPSA) is 32.3 Å². The number of aliphatic hydroxyl groups excluding tert-OH is 1. The quantitative estimate of drug-likeness (QED) is 0.743. The van der Waals surface area contributed by atoms with Crippen LogP contribution in [0, 0.1) is 0 Å². The van der Waals surface area contributed by atoms with Gasteiger partial charge >= 0.3 is 6.18 Å². The Morgan fingerprint density at radius 3 is 2.60 bits per heavy atom. The number of nitrogens with one attached hydrogen (secondary N) is 1. The van der Waals surface area contributed by atoms with Crippen LogP contribution >= 0.6 is 0 Å². The lowest BCUT2D eigenvalue weighted by molar-refractivity contribution is -0.138. The average Bonchev–Trinajstić information content (AvgIpc) is 2.39. The maximum Gasteiger partial charge on any atom is 0.416 e. The van der Waals surface area contributed by atoms with Crippen molar-refractivity contribution in [2.75, 3.05) is 11.9 Å². The van der Waals surface area contributed by atoms with Gasteiger partial charge in [0.25, 0.3) is 0 Å². The number of allylic oxidation sites excluding steroid dienone is 1. The van der Waals surface area contributed by atoms with Crippen molar-refractivity contribution < 1.29 is 18.3 Å². The maximum atomic E-state index is 13.0. The maximum absolute atomic E-state index is 13.0. The molecule has 1 atom stereocenters. The van der Waals surface area contributed by atoms with E-state index in [-0.39, 0.29) is 24.6 Å². The number of aliphatic hydroxyl groups is 1. The number of rotatable bonds is 7. The summed E-state index contributed by atoms with van der Waals surface area (Å²) >= 11 is 0. The zero-order valence-corrected chi connectivity index (χ0v) is 11.5. The molecule has 5 heteroatoms. The molecule has 1 aromatic carbocycles. The summed E-state index contributed by atoms with van der Waals surface area (Å²) < 4.78 is 39.0. The first-order valence-corrected chi connectivity index (χ1v) is 6.60. The molecule has 0 radical (unpaired) electrons. The molecule has 0 saturated carbocycles. The highest BCUT2D eigenvalue weighted by Gasteiger charge is 2.33. The van der Waals surface area contributed by atoms with Crippen molar-refractivity contribution >= 4 is 5.69 Å². The van der Waals surface area contributed by atoms with Gasteiger partial charge in [0.15, 0.2) is 0 Å². The van der Waals surface area contributed by atoms with E-state index in [0.29, 0.717) is 12.1 Å². The van der Waals surface area contributed by atoms with Gasteiger partial charge in [-0.05, 0) is 30.5 Å². The van der Waals surface area contributed by atoms with Crippen molar-refractivity contribution in [1.82, 2.24) is 0 Å². The minimum Gasteiger partial charge on any atom is -0.394 e. The third-order valence-corrected chi connectivity index (χ3v) is 3.01. The molecule has 0 spiro atoms. The van der Waals surface area contributed by atoms with E-state index in [1.54, 1.807) is 6.07 Å². The second-order valence-electron chi connectivity index (χ2n) is 4.67. The Hall–Kier alpha value is -1.49. The monoisotopic (exact) mass is 287 g/mol. The van der Waals surface area contributed by atoms with Crippen molar-refractivity contribution in [3.8, 4) is 0 Å². The molecule has 0 aliphatic rings. The number of anilines is 1. The SMILES string of the molecule is C=CCc1ccc(NC(CO)CCC)cc1C(F)(F)F. The van der Waals surface area contributed by atoms with Crippen LogP contribution in [0.1, 0.15) is 30.9 Å². The van der Waals surface area contributed by atoms with Gasteiger partial charge in [-0.15, -0.1) is 6.58 Å². The third-order valence-electron chi connectivity index (χ3n) is 3.01. The van der Waals surface area contributed by atoms with Crippen LogP contribution in [0.5, 0.6) is 0 Å². The highest BCUT2D eigenvalue weighted by atomic mass is 19.4. The van der Waals surface area contributed by atoms with Crippen LogP contribution in [-0.4, -0.2) is 17.8 Å². The molecular formula is C15H20F3NO. The van der Waals surface area contributed by atoms with Gasteiger partial charge in [0.2, 0.25) is 0 Å². The van der Waals surface area contributed by atoms with Crippen molar-refractivity contribution in [2.24, 2.45) is 0 Å². The fourth-order valence-corrected chi connectivity index (χ4v) is 2.06. The van der Waals surface area contributed by atoms with Crippen LogP contribution in [0.15, 0.2) is 30.9 Å². The summed E-state index contributed by atoms with van der Waals surface area (Å²) in [4.78, 5) is 0. The molecule has 1 aromatic rings. The fourth-order valence-electron chi connectivity index (χ4n) is 2.06. The van der Waals surface area contributed by atoms with E-state index in [4.69, 9.17) is 0 Å². The number of alkyl halides is 3. The Bertz CT molecular complexity index is 443. The number of hydrogen-bond acceptors (Lipinski definition) is 2. The number of halogens is 3. The van der Waals surface area contributed by atoms with E-state index < -0.39 is 11.7 Å². The fraction of sp³-hybridized carbons (Fsp3) is 0.467. The van der Waals surface area contributed by atoms with Gasteiger partial charge in [-0.2, -0.15) is 13.2 Å². The Morgan fingerprint density at radius 1 is 1.40 bits per heavy atom. The summed E-state index contributed by atoms with van der Waals surface area (Å²) in [5, 5.41) is 12.1. The molecule has 0 saturated heterocycles. The molecule has 0 bridgehead atoms. The molecule has 0 aromatic heterocycles. The first-order valence-electron chi connectivity index (χ1n) is 6.60. The molecule has 1 rings (SSSR count). The third kappa shape index (κ3) is 4.56. The molecule has 0 heterocycles. The van der Waals surface area contributed by atoms with Crippen molar-refractivity contribution in [3.05, 3.63) is 42.0 Å². The lowest BCUT2D eigenvalue weighted by Crippen LogP contribution is -2.23. The van der Waals surface area contributed by atoms with Gasteiger partial charge in [-0.3, -0.25) is 0 Å². The van der Waals surface area contributed by atoms with Gasteiger partial charge in [-0.1, -0.05) is 25.5 Å². The molecular weight excluding hydrogens is 267 g/mol. The van der Waals surface area contributed by atoms with Crippen molar-refractivity contribution in [3.63, 3.8) is 0 Å². The van der Waals surface area contributed by atoms with Crippen molar-refractivity contribution in [2.45, 2.75) is 38.4 Å². The lowest BCUT2D eigenvalue weighted by atomic mass is 10.0. The van der Waals surface area contributed by atoms with E-state index in [1.807, 2.05) is 6.92 Å². The van der Waals surface area contributed by atoms with Gasteiger partial charge in [0.1, 0.15) is 0 Å². The van der Waals surface area contributed by atoms with Crippen LogP contribution < -0.4 is 5.32 Å². The molecule has 20 heavy (non-hydrogen) atoms. The summed E-state index contributed by atoms with van der Waals surface area (Å²) in [6.45, 7) is 5.32. The molecule has 1 unspecified atom stereocenters. The second kappa shape index (κ2) is 7.33. The van der Waals surface area contributed by atoms with E-state index >= 15 is 0 Å². The highest BCUT2D eigenvalue weighted by Crippen LogP contribution is 2.34. The predicted molar refractivity (Wildman–Crippen MR) is 74.7 cm³/mol. The van der Waals surface area contributed by atoms with E-state index in [2.05, 4.69) is 11.9 Å². The van der Waals surface area contributed by atoms with Gasteiger partial charge < -0.3 is 10.4 Å². The highest BCUT2D eigenvalue weighted by molar-refractivity contribution is 5.50. The Balaban J connectivity index is 3.02. The minimum atomic E-state index is -4.39. The second-order valence-corrected chi connectivity index (χ2v) is 4.67. The first kappa shape index (κ1) is 16.6. The summed E-state index contributed by atoms with van der Waals surface area (Å²) in [7, 11) is 0. The molecule has 0 fully saturated rings.